The number of carbonyl (C=O) groups is 1. The summed E-state index contributed by atoms with van der Waals surface area (Å²) in [5.41, 5.74) is 2.09. The van der Waals surface area contributed by atoms with E-state index in [0.29, 0.717) is 23.0 Å². The molecule has 0 spiro atoms. The van der Waals surface area contributed by atoms with Gasteiger partial charge in [-0.2, -0.15) is 4.68 Å². The van der Waals surface area contributed by atoms with E-state index in [9.17, 15) is 4.79 Å². The van der Waals surface area contributed by atoms with Crippen LogP contribution < -0.4 is 5.32 Å². The third kappa shape index (κ3) is 2.33. The maximum absolute atomic E-state index is 12.3. The predicted octanol–water partition coefficient (Wildman–Crippen LogP) is 2.18. The molecule has 7 nitrogen and oxygen atoms in total. The molecule has 2 aromatic rings. The summed E-state index contributed by atoms with van der Waals surface area (Å²) < 4.78 is 6.51. The summed E-state index contributed by atoms with van der Waals surface area (Å²) in [5, 5.41) is 15.3. The Morgan fingerprint density at radius 2 is 2.14 bits per heavy atom. The van der Waals surface area contributed by atoms with Crippen molar-refractivity contribution in [3.63, 3.8) is 0 Å². The molecule has 0 bridgehead atoms. The number of anilines is 1. The number of halogens is 1. The van der Waals surface area contributed by atoms with Crippen LogP contribution in [0.3, 0.4) is 0 Å². The standard InChI is InChI=1S/C14H14ClN5O2/c1-3-10-11(13(21)22-2)12(8-4-6-9(15)7-5-8)20-14(16-10)17-18-19-20/h4-7,12H,3H2,1-2H3,(H,16,17,19)/t12-/m0/s1. The number of methoxy groups -OCH3 is 1. The average molecular weight is 320 g/mol. The molecule has 8 heteroatoms. The Labute approximate surface area is 131 Å². The maximum atomic E-state index is 12.3. The molecule has 114 valence electrons. The number of rotatable bonds is 3. The minimum Gasteiger partial charge on any atom is -0.466 e. The predicted molar refractivity (Wildman–Crippen MR) is 80.4 cm³/mol. The number of ether oxygens (including phenoxy) is 1. The van der Waals surface area contributed by atoms with E-state index in [0.717, 1.165) is 11.3 Å². The monoisotopic (exact) mass is 319 g/mol. The van der Waals surface area contributed by atoms with E-state index in [1.54, 1.807) is 16.8 Å². The molecule has 0 amide bonds. The van der Waals surface area contributed by atoms with Crippen molar-refractivity contribution in [3.05, 3.63) is 46.1 Å². The number of tetrazole rings is 1. The van der Waals surface area contributed by atoms with Crippen LogP contribution in [-0.2, 0) is 9.53 Å². The van der Waals surface area contributed by atoms with Crippen molar-refractivity contribution in [2.24, 2.45) is 0 Å². The first-order valence-corrected chi connectivity index (χ1v) is 7.15. The molecule has 22 heavy (non-hydrogen) atoms. The van der Waals surface area contributed by atoms with E-state index in [1.165, 1.54) is 7.11 Å². The van der Waals surface area contributed by atoms with E-state index >= 15 is 0 Å². The molecule has 1 aliphatic rings. The van der Waals surface area contributed by atoms with Crippen molar-refractivity contribution in [2.45, 2.75) is 19.4 Å². The SMILES string of the molecule is CCC1=C(C(=O)OC)[C@H](c2ccc(Cl)cc2)n2nnnc2N1. The lowest BCUT2D eigenvalue weighted by Gasteiger charge is -2.28. The van der Waals surface area contributed by atoms with Crippen LogP contribution in [0.4, 0.5) is 5.95 Å². The van der Waals surface area contributed by atoms with Crippen molar-refractivity contribution >= 4 is 23.5 Å². The number of nitrogens with one attached hydrogen (secondary N) is 1. The number of hydrogen-bond donors (Lipinski definition) is 1. The zero-order valence-corrected chi connectivity index (χ0v) is 12.8. The van der Waals surface area contributed by atoms with Gasteiger partial charge in [-0.1, -0.05) is 35.8 Å². The second-order valence-corrected chi connectivity index (χ2v) is 5.20. The molecular weight excluding hydrogens is 306 g/mol. The molecule has 0 unspecified atom stereocenters. The molecule has 3 rings (SSSR count). The summed E-state index contributed by atoms with van der Waals surface area (Å²) in [6.45, 7) is 1.95. The summed E-state index contributed by atoms with van der Waals surface area (Å²) in [4.78, 5) is 12.3. The lowest BCUT2D eigenvalue weighted by atomic mass is 9.95. The summed E-state index contributed by atoms with van der Waals surface area (Å²) in [5.74, 6) is 0.0786. The number of hydrogen-bond acceptors (Lipinski definition) is 6. The second kappa shape index (κ2) is 5.76. The Morgan fingerprint density at radius 3 is 2.77 bits per heavy atom. The first-order chi connectivity index (χ1) is 10.7. The van der Waals surface area contributed by atoms with Gasteiger partial charge in [0, 0.05) is 10.7 Å². The molecule has 1 atom stereocenters. The number of aromatic nitrogens is 4. The summed E-state index contributed by atoms with van der Waals surface area (Å²) in [7, 11) is 1.36. The van der Waals surface area contributed by atoms with Gasteiger partial charge in [0.2, 0.25) is 5.95 Å². The van der Waals surface area contributed by atoms with Gasteiger partial charge >= 0.3 is 5.97 Å². The topological polar surface area (TPSA) is 81.9 Å². The van der Waals surface area contributed by atoms with Crippen LogP contribution in [-0.4, -0.2) is 33.3 Å². The van der Waals surface area contributed by atoms with Crippen LogP contribution in [0, 0.1) is 0 Å². The number of fused-ring (bicyclic) bond motifs is 1. The van der Waals surface area contributed by atoms with Crippen LogP contribution in [0.25, 0.3) is 0 Å². The van der Waals surface area contributed by atoms with Gasteiger partial charge in [-0.15, -0.1) is 0 Å². The molecule has 0 radical (unpaired) electrons. The first-order valence-electron chi connectivity index (χ1n) is 6.77. The van der Waals surface area contributed by atoms with E-state index in [2.05, 4.69) is 20.8 Å². The Kier molecular flexibility index (Phi) is 3.81. The number of nitrogens with zero attached hydrogens (tertiary/aromatic N) is 4. The van der Waals surface area contributed by atoms with Gasteiger partial charge in [0.05, 0.1) is 12.7 Å². The van der Waals surface area contributed by atoms with Gasteiger partial charge in [0.15, 0.2) is 0 Å². The zero-order valence-electron chi connectivity index (χ0n) is 12.1. The van der Waals surface area contributed by atoms with E-state index < -0.39 is 12.0 Å². The van der Waals surface area contributed by atoms with E-state index in [4.69, 9.17) is 16.3 Å². The largest absolute Gasteiger partial charge is 0.466 e. The number of allylic oxidation sites excluding steroid dienone is 1. The van der Waals surface area contributed by atoms with Crippen molar-refractivity contribution in [1.82, 2.24) is 20.2 Å². The molecule has 1 aliphatic heterocycles. The van der Waals surface area contributed by atoms with Crippen LogP contribution >= 0.6 is 11.6 Å². The zero-order chi connectivity index (χ0) is 15.7. The summed E-state index contributed by atoms with van der Waals surface area (Å²) in [6.07, 6.45) is 0.626. The Hall–Kier alpha value is -2.41. The Bertz CT molecular complexity index is 738. The minimum atomic E-state index is -0.453. The fourth-order valence-corrected chi connectivity index (χ4v) is 2.64. The van der Waals surface area contributed by atoms with Crippen LogP contribution in [0.2, 0.25) is 5.02 Å². The number of benzene rings is 1. The molecule has 2 heterocycles. The highest BCUT2D eigenvalue weighted by atomic mass is 35.5. The number of carbonyl (C=O) groups excluding carboxylic acids is 1. The average Bonchev–Trinajstić information content (AvgIpc) is 3.01. The fourth-order valence-electron chi connectivity index (χ4n) is 2.52. The van der Waals surface area contributed by atoms with Gasteiger partial charge in [0.25, 0.3) is 0 Å². The van der Waals surface area contributed by atoms with Crippen LogP contribution in [0.1, 0.15) is 24.9 Å². The summed E-state index contributed by atoms with van der Waals surface area (Å²) in [6, 6.07) is 6.78. The maximum Gasteiger partial charge on any atom is 0.338 e. The van der Waals surface area contributed by atoms with Gasteiger partial charge < -0.3 is 10.1 Å². The second-order valence-electron chi connectivity index (χ2n) is 4.76. The molecule has 1 N–H and O–H groups in total. The van der Waals surface area contributed by atoms with Crippen molar-refractivity contribution < 1.29 is 9.53 Å². The van der Waals surface area contributed by atoms with Gasteiger partial charge in [0.1, 0.15) is 6.04 Å². The van der Waals surface area contributed by atoms with E-state index in [-0.39, 0.29) is 0 Å². The lowest BCUT2D eigenvalue weighted by molar-refractivity contribution is -0.136. The summed E-state index contributed by atoms with van der Waals surface area (Å²) >= 11 is 5.95. The third-order valence-electron chi connectivity index (χ3n) is 3.54. The highest BCUT2D eigenvalue weighted by molar-refractivity contribution is 6.30. The number of esters is 1. The quantitative estimate of drug-likeness (QED) is 0.873. The molecule has 0 saturated carbocycles. The van der Waals surface area contributed by atoms with Crippen molar-refractivity contribution in [1.29, 1.82) is 0 Å². The highest BCUT2D eigenvalue weighted by Crippen LogP contribution is 2.36. The molecule has 1 aromatic heterocycles. The Morgan fingerprint density at radius 1 is 1.41 bits per heavy atom. The molecule has 0 saturated heterocycles. The highest BCUT2D eigenvalue weighted by Gasteiger charge is 2.35. The lowest BCUT2D eigenvalue weighted by Crippen LogP contribution is -2.30. The molecule has 0 fully saturated rings. The first kappa shape index (κ1) is 14.5. The van der Waals surface area contributed by atoms with Crippen LogP contribution in [0.15, 0.2) is 35.5 Å². The van der Waals surface area contributed by atoms with E-state index in [1.807, 2.05) is 19.1 Å². The van der Waals surface area contributed by atoms with Crippen molar-refractivity contribution in [3.8, 4) is 0 Å². The normalized spacial score (nSPS) is 17.0. The fraction of sp³-hybridized carbons (Fsp3) is 0.286. The minimum absolute atomic E-state index is 0.412. The molecule has 0 aliphatic carbocycles. The third-order valence-corrected chi connectivity index (χ3v) is 3.80. The van der Waals surface area contributed by atoms with Gasteiger partial charge in [-0.25, -0.2) is 4.79 Å². The molecule has 1 aromatic carbocycles. The van der Waals surface area contributed by atoms with Crippen LogP contribution in [0.5, 0.6) is 0 Å². The van der Waals surface area contributed by atoms with Crippen molar-refractivity contribution in [2.75, 3.05) is 12.4 Å². The van der Waals surface area contributed by atoms with Gasteiger partial charge in [-0.05, 0) is 34.5 Å². The van der Waals surface area contributed by atoms with Gasteiger partial charge in [-0.3, -0.25) is 0 Å². The molecular formula is C14H14ClN5O2. The smallest absolute Gasteiger partial charge is 0.338 e. The Balaban J connectivity index is 2.19.